The quantitative estimate of drug-likeness (QED) is 0.555. The Balaban J connectivity index is 1.97. The minimum atomic E-state index is -3.81. The Bertz CT molecular complexity index is 1080. The van der Waals surface area contributed by atoms with Crippen LogP contribution in [0, 0.1) is 0 Å². The second kappa shape index (κ2) is 9.22. The highest BCUT2D eigenvalue weighted by atomic mass is 35.5. The summed E-state index contributed by atoms with van der Waals surface area (Å²) in [7, 11) is -3.81. The van der Waals surface area contributed by atoms with Gasteiger partial charge in [-0.05, 0) is 47.4 Å². The third kappa shape index (κ3) is 5.67. The minimum Gasteiger partial charge on any atom is -0.481 e. The molecule has 5 nitrogen and oxygen atoms in total. The first-order valence-electron chi connectivity index (χ1n) is 8.98. The third-order valence-corrected chi connectivity index (χ3v) is 6.13. The van der Waals surface area contributed by atoms with E-state index in [0.29, 0.717) is 11.4 Å². The lowest BCUT2D eigenvalue weighted by Gasteiger charge is -2.21. The molecule has 29 heavy (non-hydrogen) atoms. The Hall–Kier alpha value is -2.67. The van der Waals surface area contributed by atoms with Gasteiger partial charge in [-0.2, -0.15) is 4.72 Å². The van der Waals surface area contributed by atoms with Crippen LogP contribution in [-0.4, -0.2) is 19.5 Å². The first-order chi connectivity index (χ1) is 13.8. The van der Waals surface area contributed by atoms with E-state index in [1.54, 1.807) is 6.07 Å². The van der Waals surface area contributed by atoms with Crippen LogP contribution in [0.15, 0.2) is 83.8 Å². The van der Waals surface area contributed by atoms with Crippen LogP contribution in [0.2, 0.25) is 5.02 Å². The molecule has 7 heteroatoms. The van der Waals surface area contributed by atoms with Gasteiger partial charge in [0, 0.05) is 11.4 Å². The molecule has 0 radical (unpaired) electrons. The van der Waals surface area contributed by atoms with Crippen LogP contribution in [0.1, 0.15) is 29.2 Å². The molecular formula is C22H20ClNO4S. The summed E-state index contributed by atoms with van der Waals surface area (Å²) in [4.78, 5) is 11.0. The second-order valence-electron chi connectivity index (χ2n) is 6.56. The van der Waals surface area contributed by atoms with Crippen molar-refractivity contribution in [3.05, 3.63) is 101 Å². The number of benzene rings is 3. The number of hydrogen-bond donors (Lipinski definition) is 2. The van der Waals surface area contributed by atoms with E-state index in [-0.39, 0.29) is 11.3 Å². The van der Waals surface area contributed by atoms with E-state index in [2.05, 4.69) is 4.72 Å². The number of nitrogens with one attached hydrogen (secondary N) is 1. The van der Waals surface area contributed by atoms with Crippen molar-refractivity contribution in [2.45, 2.75) is 23.8 Å². The topological polar surface area (TPSA) is 83.5 Å². The summed E-state index contributed by atoms with van der Waals surface area (Å²) < 4.78 is 28.7. The molecule has 1 unspecified atom stereocenters. The van der Waals surface area contributed by atoms with Crippen LogP contribution in [0.3, 0.4) is 0 Å². The number of sulfonamides is 1. The van der Waals surface area contributed by atoms with Crippen molar-refractivity contribution < 1.29 is 18.3 Å². The lowest BCUT2D eigenvalue weighted by atomic mass is 9.97. The molecule has 0 saturated carbocycles. The van der Waals surface area contributed by atoms with Crippen molar-refractivity contribution in [3.63, 3.8) is 0 Å². The lowest BCUT2D eigenvalue weighted by Crippen LogP contribution is -2.29. The molecule has 3 rings (SSSR count). The van der Waals surface area contributed by atoms with Crippen LogP contribution >= 0.6 is 11.6 Å². The van der Waals surface area contributed by atoms with Gasteiger partial charge in [-0.1, -0.05) is 66.2 Å². The fourth-order valence-corrected chi connectivity index (χ4v) is 4.33. The van der Waals surface area contributed by atoms with Gasteiger partial charge in [-0.15, -0.1) is 0 Å². The smallest absolute Gasteiger partial charge is 0.303 e. The molecule has 0 aliphatic heterocycles. The van der Waals surface area contributed by atoms with Gasteiger partial charge in [-0.3, -0.25) is 4.79 Å². The van der Waals surface area contributed by atoms with Crippen molar-refractivity contribution in [1.29, 1.82) is 0 Å². The number of halogens is 1. The summed E-state index contributed by atoms with van der Waals surface area (Å²) in [5.74, 6) is -0.876. The van der Waals surface area contributed by atoms with E-state index in [9.17, 15) is 13.2 Å². The Kier molecular flexibility index (Phi) is 6.69. The van der Waals surface area contributed by atoms with Crippen molar-refractivity contribution in [2.75, 3.05) is 0 Å². The second-order valence-corrected chi connectivity index (χ2v) is 8.71. The van der Waals surface area contributed by atoms with Gasteiger partial charge >= 0.3 is 5.97 Å². The molecule has 0 bridgehead atoms. The fourth-order valence-electron chi connectivity index (χ4n) is 2.99. The van der Waals surface area contributed by atoms with Gasteiger partial charge in [0.05, 0.1) is 10.9 Å². The van der Waals surface area contributed by atoms with Crippen LogP contribution in [0.25, 0.3) is 0 Å². The Morgan fingerprint density at radius 2 is 1.59 bits per heavy atom. The summed E-state index contributed by atoms with van der Waals surface area (Å²) in [6.45, 7) is 0. The molecule has 0 saturated heterocycles. The summed E-state index contributed by atoms with van der Waals surface area (Å²) in [5, 5.41) is 9.38. The molecule has 0 aliphatic rings. The maximum absolute atomic E-state index is 13.0. The van der Waals surface area contributed by atoms with Crippen LogP contribution < -0.4 is 4.72 Å². The highest BCUT2D eigenvalue weighted by Crippen LogP contribution is 2.26. The summed E-state index contributed by atoms with van der Waals surface area (Å²) in [6.07, 6.45) is 0.380. The van der Waals surface area contributed by atoms with E-state index < -0.39 is 22.0 Å². The number of rotatable bonds is 8. The van der Waals surface area contributed by atoms with Crippen LogP contribution in [0.4, 0.5) is 0 Å². The maximum atomic E-state index is 13.0. The predicted molar refractivity (Wildman–Crippen MR) is 112 cm³/mol. The van der Waals surface area contributed by atoms with Crippen molar-refractivity contribution in [2.24, 2.45) is 0 Å². The monoisotopic (exact) mass is 429 g/mol. The molecular weight excluding hydrogens is 410 g/mol. The number of aliphatic carboxylic acids is 1. The minimum absolute atomic E-state index is 0.00988. The molecule has 3 aromatic rings. The van der Waals surface area contributed by atoms with Gasteiger partial charge in [0.25, 0.3) is 0 Å². The normalized spacial score (nSPS) is 12.4. The highest BCUT2D eigenvalue weighted by Gasteiger charge is 2.23. The Morgan fingerprint density at radius 1 is 0.931 bits per heavy atom. The van der Waals surface area contributed by atoms with Crippen LogP contribution in [0.5, 0.6) is 0 Å². The van der Waals surface area contributed by atoms with Crippen LogP contribution in [-0.2, 0) is 21.2 Å². The molecule has 0 aliphatic carbocycles. The zero-order chi connectivity index (χ0) is 20.9. The van der Waals surface area contributed by atoms with E-state index in [0.717, 1.165) is 16.7 Å². The number of carboxylic acid groups (broad SMARTS) is 1. The largest absolute Gasteiger partial charge is 0.481 e. The fraction of sp³-hybridized carbons (Fsp3) is 0.136. The van der Waals surface area contributed by atoms with Crippen molar-refractivity contribution >= 4 is 27.6 Å². The Morgan fingerprint density at radius 3 is 2.24 bits per heavy atom. The summed E-state index contributed by atoms with van der Waals surface area (Å²) in [5.41, 5.74) is 2.34. The zero-order valence-electron chi connectivity index (χ0n) is 15.5. The summed E-state index contributed by atoms with van der Waals surface area (Å²) >= 11 is 5.87. The number of hydrogen-bond acceptors (Lipinski definition) is 3. The van der Waals surface area contributed by atoms with Crippen molar-refractivity contribution in [1.82, 2.24) is 4.72 Å². The first kappa shape index (κ1) is 21.0. The third-order valence-electron chi connectivity index (χ3n) is 4.44. The molecule has 150 valence electrons. The van der Waals surface area contributed by atoms with Gasteiger partial charge in [0.2, 0.25) is 10.0 Å². The van der Waals surface area contributed by atoms with E-state index >= 15 is 0 Å². The zero-order valence-corrected chi connectivity index (χ0v) is 17.0. The van der Waals surface area contributed by atoms with Gasteiger partial charge in [-0.25, -0.2) is 8.42 Å². The maximum Gasteiger partial charge on any atom is 0.303 e. The number of aryl methyl sites for hydroxylation is 1. The molecule has 0 spiro atoms. The molecule has 1 atom stereocenters. The predicted octanol–water partition coefficient (Wildman–Crippen LogP) is 4.43. The standard InChI is InChI=1S/C22H20ClNO4S/c23-19-10-12-20(13-11-19)29(27,28)24-22(17-6-2-1-3-7-17)18-8-4-5-16(15-18)9-14-21(25)26/h1-8,10-13,15,22,24H,9,14H2,(H,25,26). The highest BCUT2D eigenvalue weighted by molar-refractivity contribution is 7.89. The average Bonchev–Trinajstić information content (AvgIpc) is 2.72. The van der Waals surface area contributed by atoms with E-state index in [1.807, 2.05) is 48.5 Å². The molecule has 0 fully saturated rings. The Labute approximate surface area is 175 Å². The molecule has 3 aromatic carbocycles. The van der Waals surface area contributed by atoms with Gasteiger partial charge < -0.3 is 5.11 Å². The van der Waals surface area contributed by atoms with Gasteiger partial charge in [0.15, 0.2) is 0 Å². The number of carbonyl (C=O) groups is 1. The van der Waals surface area contributed by atoms with E-state index in [4.69, 9.17) is 16.7 Å². The summed E-state index contributed by atoms with van der Waals surface area (Å²) in [6, 6.07) is 21.9. The molecule has 2 N–H and O–H groups in total. The first-order valence-corrected chi connectivity index (χ1v) is 10.8. The molecule has 0 aromatic heterocycles. The molecule has 0 amide bonds. The average molecular weight is 430 g/mol. The van der Waals surface area contributed by atoms with Crippen molar-refractivity contribution in [3.8, 4) is 0 Å². The van der Waals surface area contributed by atoms with E-state index in [1.165, 1.54) is 24.3 Å². The lowest BCUT2D eigenvalue weighted by molar-refractivity contribution is -0.136. The molecule has 0 heterocycles. The SMILES string of the molecule is O=C(O)CCc1cccc(C(NS(=O)(=O)c2ccc(Cl)cc2)c2ccccc2)c1. The van der Waals surface area contributed by atoms with Gasteiger partial charge in [0.1, 0.15) is 0 Å². The number of carboxylic acids is 1.